The van der Waals surface area contributed by atoms with Gasteiger partial charge in [-0.05, 0) is 25.7 Å². The van der Waals surface area contributed by atoms with E-state index in [1.54, 1.807) is 4.90 Å². The molecular weight excluding hydrogens is 260 g/mol. The van der Waals surface area contributed by atoms with Gasteiger partial charge in [-0.1, -0.05) is 13.3 Å². The number of amides is 2. The lowest BCUT2D eigenvalue weighted by molar-refractivity contribution is -0.137. The lowest BCUT2D eigenvalue weighted by Gasteiger charge is -2.23. The second kappa shape index (κ2) is 9.58. The molecule has 0 bridgehead atoms. The molecule has 1 unspecified atom stereocenters. The van der Waals surface area contributed by atoms with Crippen LogP contribution in [-0.2, 0) is 9.53 Å². The second-order valence-corrected chi connectivity index (χ2v) is 5.14. The summed E-state index contributed by atoms with van der Waals surface area (Å²) in [5, 5.41) is 11.6. The molecule has 1 fully saturated rings. The molecule has 0 aromatic carbocycles. The number of hydrogen-bond donors (Lipinski definition) is 2. The zero-order valence-electron chi connectivity index (χ0n) is 12.3. The summed E-state index contributed by atoms with van der Waals surface area (Å²) >= 11 is 0. The average molecular weight is 286 g/mol. The summed E-state index contributed by atoms with van der Waals surface area (Å²) in [7, 11) is 0. The zero-order chi connectivity index (χ0) is 14.8. The molecule has 6 heteroatoms. The molecule has 0 aliphatic carbocycles. The van der Waals surface area contributed by atoms with Gasteiger partial charge in [-0.2, -0.15) is 0 Å². The normalized spacial score (nSPS) is 18.2. The topological polar surface area (TPSA) is 78.9 Å². The number of nitrogens with zero attached hydrogens (tertiary/aromatic N) is 1. The minimum absolute atomic E-state index is 0.0353. The molecule has 0 aromatic rings. The van der Waals surface area contributed by atoms with Gasteiger partial charge in [0.15, 0.2) is 0 Å². The fourth-order valence-corrected chi connectivity index (χ4v) is 2.34. The third kappa shape index (κ3) is 6.23. The zero-order valence-corrected chi connectivity index (χ0v) is 12.3. The molecule has 1 aliphatic heterocycles. The van der Waals surface area contributed by atoms with Crippen LogP contribution in [0, 0.1) is 0 Å². The number of nitrogens with one attached hydrogen (secondary N) is 1. The van der Waals surface area contributed by atoms with Gasteiger partial charge in [0.2, 0.25) is 0 Å². The number of urea groups is 1. The number of carbonyl (C=O) groups is 2. The molecule has 6 nitrogen and oxygen atoms in total. The van der Waals surface area contributed by atoms with Crippen molar-refractivity contribution in [3.8, 4) is 0 Å². The molecule has 0 radical (unpaired) electrons. The minimum atomic E-state index is -0.848. The summed E-state index contributed by atoms with van der Waals surface area (Å²) in [5.41, 5.74) is 0. The third-order valence-electron chi connectivity index (χ3n) is 3.43. The van der Waals surface area contributed by atoms with Crippen molar-refractivity contribution >= 4 is 12.0 Å². The van der Waals surface area contributed by atoms with Crippen LogP contribution < -0.4 is 5.32 Å². The first kappa shape index (κ1) is 16.8. The molecular formula is C14H26N2O4. The quantitative estimate of drug-likeness (QED) is 0.634. The van der Waals surface area contributed by atoms with Crippen LogP contribution in [0.1, 0.15) is 45.4 Å². The van der Waals surface area contributed by atoms with Crippen LogP contribution in [0.4, 0.5) is 4.79 Å². The Kier molecular flexibility index (Phi) is 8.02. The fourth-order valence-electron chi connectivity index (χ4n) is 2.34. The van der Waals surface area contributed by atoms with Gasteiger partial charge in [-0.15, -0.1) is 0 Å². The smallest absolute Gasteiger partial charge is 0.317 e. The third-order valence-corrected chi connectivity index (χ3v) is 3.43. The molecule has 0 aromatic heterocycles. The highest BCUT2D eigenvalue weighted by molar-refractivity contribution is 5.76. The SMILES string of the molecule is CCCCOCCCNC(=O)N1CCCC1CC(=O)O. The van der Waals surface area contributed by atoms with E-state index in [0.29, 0.717) is 19.7 Å². The standard InChI is InChI=1S/C14H26N2O4/c1-2-3-9-20-10-5-7-15-14(19)16-8-4-6-12(16)11-13(17)18/h12H,2-11H2,1H3,(H,15,19)(H,17,18). The van der Waals surface area contributed by atoms with Crippen molar-refractivity contribution in [2.45, 2.75) is 51.5 Å². The molecule has 1 saturated heterocycles. The monoisotopic (exact) mass is 286 g/mol. The van der Waals surface area contributed by atoms with E-state index >= 15 is 0 Å². The summed E-state index contributed by atoms with van der Waals surface area (Å²) in [4.78, 5) is 24.3. The molecule has 20 heavy (non-hydrogen) atoms. The van der Waals surface area contributed by atoms with E-state index in [1.165, 1.54) is 0 Å². The first-order chi connectivity index (χ1) is 9.65. The van der Waals surface area contributed by atoms with Gasteiger partial charge in [0, 0.05) is 32.3 Å². The molecule has 0 spiro atoms. The van der Waals surface area contributed by atoms with E-state index in [-0.39, 0.29) is 18.5 Å². The number of carboxylic acid groups (broad SMARTS) is 1. The lowest BCUT2D eigenvalue weighted by Crippen LogP contribution is -2.44. The van der Waals surface area contributed by atoms with E-state index in [9.17, 15) is 9.59 Å². The minimum Gasteiger partial charge on any atom is -0.481 e. The van der Waals surface area contributed by atoms with Crippen molar-refractivity contribution in [3.63, 3.8) is 0 Å². The summed E-state index contributed by atoms with van der Waals surface area (Å²) < 4.78 is 5.41. The lowest BCUT2D eigenvalue weighted by atomic mass is 10.1. The average Bonchev–Trinajstić information content (AvgIpc) is 2.84. The van der Waals surface area contributed by atoms with E-state index in [4.69, 9.17) is 9.84 Å². The molecule has 2 N–H and O–H groups in total. The van der Waals surface area contributed by atoms with Crippen molar-refractivity contribution < 1.29 is 19.4 Å². The summed E-state index contributed by atoms with van der Waals surface area (Å²) in [6, 6.07) is -0.310. The molecule has 1 rings (SSSR count). The maximum absolute atomic E-state index is 12.0. The Labute approximate surface area is 120 Å². The number of hydrogen-bond acceptors (Lipinski definition) is 3. The Morgan fingerprint density at radius 3 is 2.80 bits per heavy atom. The van der Waals surface area contributed by atoms with Crippen LogP contribution >= 0.6 is 0 Å². The first-order valence-corrected chi connectivity index (χ1v) is 7.49. The predicted octanol–water partition coefficient (Wildman–Crippen LogP) is 1.84. The largest absolute Gasteiger partial charge is 0.481 e. The van der Waals surface area contributed by atoms with Gasteiger partial charge >= 0.3 is 12.0 Å². The van der Waals surface area contributed by atoms with Crippen LogP contribution in [0.15, 0.2) is 0 Å². The van der Waals surface area contributed by atoms with Crippen molar-refractivity contribution in [1.29, 1.82) is 0 Å². The highest BCUT2D eigenvalue weighted by Gasteiger charge is 2.29. The highest BCUT2D eigenvalue weighted by atomic mass is 16.5. The van der Waals surface area contributed by atoms with E-state index in [2.05, 4.69) is 12.2 Å². The molecule has 1 aliphatic rings. The number of unbranched alkanes of at least 4 members (excludes halogenated alkanes) is 1. The van der Waals surface area contributed by atoms with Crippen molar-refractivity contribution in [1.82, 2.24) is 10.2 Å². The Morgan fingerprint density at radius 1 is 1.35 bits per heavy atom. The number of likely N-dealkylation sites (tertiary alicyclic amines) is 1. The number of carbonyl (C=O) groups excluding carboxylic acids is 1. The summed E-state index contributed by atoms with van der Waals surface area (Å²) in [5.74, 6) is -0.848. The number of aliphatic carboxylic acids is 1. The number of carboxylic acids is 1. The molecule has 1 atom stereocenters. The van der Waals surface area contributed by atoms with Gasteiger partial charge < -0.3 is 20.1 Å². The maximum Gasteiger partial charge on any atom is 0.317 e. The number of ether oxygens (including phenoxy) is 1. The summed E-state index contributed by atoms with van der Waals surface area (Å²) in [6.07, 6.45) is 4.67. The van der Waals surface area contributed by atoms with Crippen LogP contribution in [0.3, 0.4) is 0 Å². The Balaban J connectivity index is 2.13. The Bertz CT molecular complexity index is 310. The van der Waals surface area contributed by atoms with Gasteiger partial charge in [-0.25, -0.2) is 4.79 Å². The van der Waals surface area contributed by atoms with E-state index in [1.807, 2.05) is 0 Å². The van der Waals surface area contributed by atoms with Crippen molar-refractivity contribution in [2.75, 3.05) is 26.3 Å². The van der Waals surface area contributed by atoms with Gasteiger partial charge in [0.1, 0.15) is 0 Å². The van der Waals surface area contributed by atoms with Crippen LogP contribution in [0.2, 0.25) is 0 Å². The Hall–Kier alpha value is -1.30. The van der Waals surface area contributed by atoms with E-state index < -0.39 is 5.97 Å². The van der Waals surface area contributed by atoms with E-state index in [0.717, 1.165) is 38.7 Å². The van der Waals surface area contributed by atoms with Crippen LogP contribution in [0.25, 0.3) is 0 Å². The van der Waals surface area contributed by atoms with Gasteiger partial charge in [0.05, 0.1) is 6.42 Å². The van der Waals surface area contributed by atoms with Crippen LogP contribution in [-0.4, -0.2) is 54.4 Å². The number of rotatable bonds is 9. The second-order valence-electron chi connectivity index (χ2n) is 5.14. The molecule has 0 saturated carbocycles. The van der Waals surface area contributed by atoms with Crippen LogP contribution in [0.5, 0.6) is 0 Å². The Morgan fingerprint density at radius 2 is 2.10 bits per heavy atom. The predicted molar refractivity (Wildman–Crippen MR) is 75.7 cm³/mol. The molecule has 1 heterocycles. The van der Waals surface area contributed by atoms with Crippen molar-refractivity contribution in [2.24, 2.45) is 0 Å². The summed E-state index contributed by atoms with van der Waals surface area (Å²) in [6.45, 7) is 4.77. The first-order valence-electron chi connectivity index (χ1n) is 7.49. The fraction of sp³-hybridized carbons (Fsp3) is 0.857. The highest BCUT2D eigenvalue weighted by Crippen LogP contribution is 2.19. The van der Waals surface area contributed by atoms with Crippen molar-refractivity contribution in [3.05, 3.63) is 0 Å². The molecule has 2 amide bonds. The van der Waals surface area contributed by atoms with Gasteiger partial charge in [0.25, 0.3) is 0 Å². The van der Waals surface area contributed by atoms with Gasteiger partial charge in [-0.3, -0.25) is 4.79 Å². The maximum atomic E-state index is 12.0. The molecule has 116 valence electrons.